The fraction of sp³-hybridized carbons (Fsp3) is 0.100. The van der Waals surface area contributed by atoms with Gasteiger partial charge >= 0.3 is 5.91 Å². The maximum Gasteiger partial charge on any atom is 0.321 e. The lowest BCUT2D eigenvalue weighted by Gasteiger charge is -2.09. The molecule has 14 heavy (non-hydrogen) atoms. The molecular weight excluding hydrogens is 180 g/mol. The number of hydrogen-bond donors (Lipinski definition) is 0. The first-order valence-electron chi connectivity index (χ1n) is 4.19. The molecular formula is C10H8N2O2. The van der Waals surface area contributed by atoms with E-state index >= 15 is 0 Å². The largest absolute Gasteiger partial charge is 0.321 e. The number of Topliss-reactive ketones (excluding diaryl/α,β-unsaturated/α-hetero) is 1. The Kier molecular flexibility index (Phi) is 1.89. The Morgan fingerprint density at radius 2 is 1.79 bits per heavy atom. The van der Waals surface area contributed by atoms with E-state index in [4.69, 9.17) is 0 Å². The zero-order valence-corrected chi connectivity index (χ0v) is 7.60. The Hall–Kier alpha value is -1.97. The highest BCUT2D eigenvalue weighted by molar-refractivity contribution is 6.69. The second-order valence-electron chi connectivity index (χ2n) is 2.97. The maximum atomic E-state index is 11.4. The lowest BCUT2D eigenvalue weighted by Crippen LogP contribution is -2.26. The lowest BCUT2D eigenvalue weighted by molar-refractivity contribution is -0.131. The van der Waals surface area contributed by atoms with Crippen LogP contribution >= 0.6 is 0 Å². The molecule has 1 aromatic rings. The van der Waals surface area contributed by atoms with Crippen LogP contribution in [-0.2, 0) is 9.59 Å². The topological polar surface area (TPSA) is 49.7 Å². The summed E-state index contributed by atoms with van der Waals surface area (Å²) in [5.74, 6) is -1.12. The van der Waals surface area contributed by atoms with E-state index in [9.17, 15) is 9.59 Å². The van der Waals surface area contributed by atoms with Crippen LogP contribution in [-0.4, -0.2) is 17.4 Å². The van der Waals surface area contributed by atoms with Crippen LogP contribution in [0.2, 0.25) is 0 Å². The van der Waals surface area contributed by atoms with E-state index in [1.165, 1.54) is 6.92 Å². The number of carbonyl (C=O) groups excluding carboxylic acids is 2. The predicted octanol–water partition coefficient (Wildman–Crippen LogP) is 0.978. The second-order valence-corrected chi connectivity index (χ2v) is 2.97. The quantitative estimate of drug-likeness (QED) is 0.617. The highest BCUT2D eigenvalue weighted by Crippen LogP contribution is 2.17. The van der Waals surface area contributed by atoms with Gasteiger partial charge in [0.25, 0.3) is 5.78 Å². The summed E-state index contributed by atoms with van der Waals surface area (Å²) >= 11 is 0. The third kappa shape index (κ3) is 1.21. The van der Waals surface area contributed by atoms with Crippen LogP contribution in [0.15, 0.2) is 35.4 Å². The zero-order valence-electron chi connectivity index (χ0n) is 7.60. The van der Waals surface area contributed by atoms with Crippen molar-refractivity contribution in [2.24, 2.45) is 5.10 Å². The summed E-state index contributed by atoms with van der Waals surface area (Å²) in [5.41, 5.74) is 0.849. The molecule has 0 aliphatic carbocycles. The molecule has 1 aliphatic rings. The summed E-state index contributed by atoms with van der Waals surface area (Å²) in [6, 6.07) is 8.87. The fourth-order valence-corrected chi connectivity index (χ4v) is 1.24. The molecule has 0 fully saturated rings. The maximum absolute atomic E-state index is 11.4. The van der Waals surface area contributed by atoms with E-state index < -0.39 is 11.7 Å². The van der Waals surface area contributed by atoms with E-state index in [0.29, 0.717) is 5.69 Å². The number of hydrazone groups is 1. The standard InChI is InChI=1S/C10H8N2O2/c1-7-9(13)10(14)12(11-7)8-5-3-2-4-6-8/h2-6H,1H3. The first kappa shape index (κ1) is 8.62. The van der Waals surface area contributed by atoms with E-state index in [-0.39, 0.29) is 5.71 Å². The Morgan fingerprint density at radius 1 is 1.14 bits per heavy atom. The molecule has 2 rings (SSSR count). The Labute approximate surface area is 80.8 Å². The summed E-state index contributed by atoms with van der Waals surface area (Å²) < 4.78 is 0. The number of hydrogen-bond acceptors (Lipinski definition) is 3. The van der Waals surface area contributed by atoms with Gasteiger partial charge in [-0.1, -0.05) is 18.2 Å². The Morgan fingerprint density at radius 3 is 2.29 bits per heavy atom. The van der Waals surface area contributed by atoms with Crippen LogP contribution in [0.5, 0.6) is 0 Å². The van der Waals surface area contributed by atoms with Gasteiger partial charge in [-0.2, -0.15) is 10.1 Å². The number of amides is 1. The molecule has 1 amide bonds. The molecule has 70 valence electrons. The minimum absolute atomic E-state index is 0.235. The number of ketones is 1. The molecule has 1 heterocycles. The number of rotatable bonds is 1. The van der Waals surface area contributed by atoms with E-state index in [1.807, 2.05) is 6.07 Å². The molecule has 0 bridgehead atoms. The summed E-state index contributed by atoms with van der Waals surface area (Å²) in [5, 5.41) is 4.99. The molecule has 1 aliphatic heterocycles. The van der Waals surface area contributed by atoms with Crippen molar-refractivity contribution in [1.29, 1.82) is 0 Å². The van der Waals surface area contributed by atoms with Gasteiger partial charge in [0.2, 0.25) is 0 Å². The van der Waals surface area contributed by atoms with Gasteiger partial charge in [0.05, 0.1) is 5.69 Å². The van der Waals surface area contributed by atoms with Crippen LogP contribution in [0.3, 0.4) is 0 Å². The monoisotopic (exact) mass is 188 g/mol. The van der Waals surface area contributed by atoms with Gasteiger partial charge in [-0.15, -0.1) is 0 Å². The van der Waals surface area contributed by atoms with Crippen molar-refractivity contribution in [3.05, 3.63) is 30.3 Å². The summed E-state index contributed by atoms with van der Waals surface area (Å²) in [6.45, 7) is 1.53. The van der Waals surface area contributed by atoms with Crippen molar-refractivity contribution in [2.45, 2.75) is 6.92 Å². The van der Waals surface area contributed by atoms with Gasteiger partial charge in [-0.3, -0.25) is 9.59 Å². The second kappa shape index (κ2) is 3.06. The van der Waals surface area contributed by atoms with Gasteiger partial charge in [0.15, 0.2) is 0 Å². The van der Waals surface area contributed by atoms with Crippen LogP contribution < -0.4 is 5.01 Å². The predicted molar refractivity (Wildman–Crippen MR) is 52.0 cm³/mol. The van der Waals surface area contributed by atoms with Gasteiger partial charge < -0.3 is 0 Å². The molecule has 0 atom stereocenters. The summed E-state index contributed by atoms with van der Waals surface area (Å²) in [7, 11) is 0. The Bertz CT molecular complexity index is 423. The lowest BCUT2D eigenvalue weighted by atomic mass is 10.2. The minimum Gasteiger partial charge on any atom is -0.282 e. The smallest absolute Gasteiger partial charge is 0.282 e. The van der Waals surface area contributed by atoms with Gasteiger partial charge in [0, 0.05) is 0 Å². The highest BCUT2D eigenvalue weighted by Gasteiger charge is 2.31. The number of nitrogens with zero attached hydrogens (tertiary/aromatic N) is 2. The third-order valence-corrected chi connectivity index (χ3v) is 1.97. The van der Waals surface area contributed by atoms with Crippen molar-refractivity contribution in [3.63, 3.8) is 0 Å². The molecule has 4 nitrogen and oxygen atoms in total. The molecule has 1 aromatic carbocycles. The molecule has 0 N–H and O–H groups in total. The van der Waals surface area contributed by atoms with Crippen molar-refractivity contribution >= 4 is 23.1 Å². The van der Waals surface area contributed by atoms with E-state index in [2.05, 4.69) is 5.10 Å². The Balaban J connectivity index is 2.39. The van der Waals surface area contributed by atoms with Gasteiger partial charge in [-0.05, 0) is 19.1 Å². The number of benzene rings is 1. The average molecular weight is 188 g/mol. The molecule has 0 unspecified atom stereocenters. The molecule has 0 saturated carbocycles. The molecule has 0 radical (unpaired) electrons. The van der Waals surface area contributed by atoms with Crippen molar-refractivity contribution < 1.29 is 9.59 Å². The zero-order chi connectivity index (χ0) is 10.1. The van der Waals surface area contributed by atoms with Gasteiger partial charge in [0.1, 0.15) is 5.71 Å². The van der Waals surface area contributed by atoms with Crippen LogP contribution in [0.1, 0.15) is 6.92 Å². The average Bonchev–Trinajstić information content (AvgIpc) is 2.47. The van der Waals surface area contributed by atoms with E-state index in [1.54, 1.807) is 24.3 Å². The van der Waals surface area contributed by atoms with E-state index in [0.717, 1.165) is 5.01 Å². The van der Waals surface area contributed by atoms with Crippen LogP contribution in [0, 0.1) is 0 Å². The van der Waals surface area contributed by atoms with Crippen LogP contribution in [0.25, 0.3) is 0 Å². The minimum atomic E-state index is -0.589. The van der Waals surface area contributed by atoms with Crippen molar-refractivity contribution in [3.8, 4) is 0 Å². The number of anilines is 1. The first-order chi connectivity index (χ1) is 6.70. The van der Waals surface area contributed by atoms with Crippen molar-refractivity contribution in [2.75, 3.05) is 5.01 Å². The van der Waals surface area contributed by atoms with Crippen LogP contribution in [0.4, 0.5) is 5.69 Å². The third-order valence-electron chi connectivity index (χ3n) is 1.97. The fourth-order valence-electron chi connectivity index (χ4n) is 1.24. The van der Waals surface area contributed by atoms with Gasteiger partial charge in [-0.25, -0.2) is 0 Å². The SMILES string of the molecule is CC1=NN(c2ccccc2)C(=O)C1=O. The molecule has 0 spiro atoms. The normalized spacial score (nSPS) is 16.1. The summed E-state index contributed by atoms with van der Waals surface area (Å²) in [6.07, 6.45) is 0. The molecule has 0 aromatic heterocycles. The molecule has 0 saturated heterocycles. The first-order valence-corrected chi connectivity index (χ1v) is 4.19. The molecule has 4 heteroatoms. The number of carbonyl (C=O) groups is 2. The highest BCUT2D eigenvalue weighted by atomic mass is 16.2. The van der Waals surface area contributed by atoms with Crippen molar-refractivity contribution in [1.82, 2.24) is 0 Å². The summed E-state index contributed by atoms with van der Waals surface area (Å²) in [4.78, 5) is 22.5. The number of para-hydroxylation sites is 1.